The van der Waals surface area contributed by atoms with Gasteiger partial charge in [0.15, 0.2) is 5.16 Å². The quantitative estimate of drug-likeness (QED) is 0.709. The van der Waals surface area contributed by atoms with Crippen LogP contribution >= 0.6 is 11.8 Å². The van der Waals surface area contributed by atoms with Crippen molar-refractivity contribution in [3.63, 3.8) is 0 Å². The molecule has 1 aliphatic carbocycles. The molecule has 1 amide bonds. The number of carbonyl (C=O) groups is 1. The van der Waals surface area contributed by atoms with Crippen LogP contribution in [0.15, 0.2) is 16.0 Å². The number of ether oxygens (including phenoxy) is 1. The summed E-state index contributed by atoms with van der Waals surface area (Å²) in [5, 5.41) is 3.44. The zero-order valence-electron chi connectivity index (χ0n) is 17.3. The summed E-state index contributed by atoms with van der Waals surface area (Å²) in [6.07, 6.45) is 2.28. The van der Waals surface area contributed by atoms with Gasteiger partial charge in [-0.3, -0.25) is 14.7 Å². The second-order valence-electron chi connectivity index (χ2n) is 8.28. The van der Waals surface area contributed by atoms with Gasteiger partial charge >= 0.3 is 0 Å². The fraction of sp³-hybridized carbons (Fsp3) is 0.684. The van der Waals surface area contributed by atoms with Gasteiger partial charge in [-0.25, -0.2) is 4.98 Å². The number of aromatic amines is 1. The van der Waals surface area contributed by atoms with E-state index in [0.717, 1.165) is 25.9 Å². The molecular weight excluding hydrogens is 392 g/mol. The van der Waals surface area contributed by atoms with Crippen molar-refractivity contribution in [2.45, 2.75) is 37.1 Å². The normalized spacial score (nSPS) is 27.0. The molecule has 0 bridgehead atoms. The molecule has 158 valence electrons. The van der Waals surface area contributed by atoms with Gasteiger partial charge in [-0.15, -0.1) is 0 Å². The highest BCUT2D eigenvalue weighted by Gasteiger charge is 2.44. The van der Waals surface area contributed by atoms with Gasteiger partial charge < -0.3 is 14.5 Å². The Morgan fingerprint density at radius 2 is 2.03 bits per heavy atom. The van der Waals surface area contributed by atoms with Crippen LogP contribution in [-0.2, 0) is 9.53 Å². The van der Waals surface area contributed by atoms with Crippen LogP contribution in [0, 0.1) is 18.8 Å². The second kappa shape index (κ2) is 8.08. The van der Waals surface area contributed by atoms with Crippen LogP contribution in [-0.4, -0.2) is 87.5 Å². The summed E-state index contributed by atoms with van der Waals surface area (Å²) in [6.45, 7) is 3.36. The second-order valence-corrected chi connectivity index (χ2v) is 9.25. The lowest BCUT2D eigenvalue weighted by molar-refractivity contribution is -0.127. The highest BCUT2D eigenvalue weighted by Crippen LogP contribution is 2.39. The summed E-state index contributed by atoms with van der Waals surface area (Å²) < 4.78 is 7.03. The van der Waals surface area contributed by atoms with Gasteiger partial charge in [0, 0.05) is 38.0 Å². The third-order valence-corrected chi connectivity index (χ3v) is 7.02. The Morgan fingerprint density at radius 3 is 2.72 bits per heavy atom. The molecule has 29 heavy (non-hydrogen) atoms. The molecule has 1 saturated carbocycles. The van der Waals surface area contributed by atoms with Crippen molar-refractivity contribution in [1.29, 1.82) is 0 Å². The molecule has 2 aromatic heterocycles. The summed E-state index contributed by atoms with van der Waals surface area (Å²) in [4.78, 5) is 37.6. The van der Waals surface area contributed by atoms with E-state index in [2.05, 4.69) is 34.1 Å². The third kappa shape index (κ3) is 4.06. The van der Waals surface area contributed by atoms with E-state index in [-0.39, 0.29) is 23.3 Å². The monoisotopic (exact) mass is 420 g/mol. The van der Waals surface area contributed by atoms with Crippen LogP contribution in [0.1, 0.15) is 18.5 Å². The van der Waals surface area contributed by atoms with Crippen molar-refractivity contribution >= 4 is 23.4 Å². The minimum atomic E-state index is -0.204. The first-order valence-corrected chi connectivity index (χ1v) is 10.9. The first-order valence-electron chi connectivity index (χ1n) is 9.92. The molecule has 10 heteroatoms. The fourth-order valence-electron chi connectivity index (χ4n) is 4.65. The van der Waals surface area contributed by atoms with Gasteiger partial charge in [-0.2, -0.15) is 9.50 Å². The zero-order valence-corrected chi connectivity index (χ0v) is 18.1. The highest BCUT2D eigenvalue weighted by molar-refractivity contribution is 7.99. The molecule has 1 saturated heterocycles. The lowest BCUT2D eigenvalue weighted by atomic mass is 9.77. The first kappa shape index (κ1) is 20.4. The number of nitrogens with zero attached hydrogens (tertiary/aromatic N) is 5. The van der Waals surface area contributed by atoms with E-state index in [4.69, 9.17) is 4.74 Å². The average molecular weight is 421 g/mol. The molecule has 1 aliphatic heterocycles. The van der Waals surface area contributed by atoms with Crippen LogP contribution in [0.4, 0.5) is 0 Å². The number of likely N-dealkylation sites (N-methyl/N-ethyl adjacent to an activating group) is 1. The number of hydrogen-bond donors (Lipinski definition) is 1. The number of thioether (sulfide) groups is 1. The van der Waals surface area contributed by atoms with Gasteiger partial charge in [-0.1, -0.05) is 11.8 Å². The molecule has 2 aliphatic rings. The summed E-state index contributed by atoms with van der Waals surface area (Å²) in [7, 11) is 5.98. The number of likely N-dealkylation sites (tertiary alicyclic amines) is 1. The zero-order chi connectivity index (χ0) is 20.7. The van der Waals surface area contributed by atoms with E-state index < -0.39 is 0 Å². The SMILES string of the molecule is CO[C@@H]1C[C@H]2CN(C(=O)CSc3nc4nc(C)cc(=O)n4[nH]3)C[C@H]2C[C@H]1N(C)C. The Morgan fingerprint density at radius 1 is 1.31 bits per heavy atom. The number of aromatic nitrogens is 4. The molecule has 3 heterocycles. The first-order chi connectivity index (χ1) is 13.9. The Balaban J connectivity index is 1.38. The molecule has 0 spiro atoms. The van der Waals surface area contributed by atoms with Crippen molar-refractivity contribution < 1.29 is 9.53 Å². The number of H-pyrrole nitrogens is 1. The van der Waals surface area contributed by atoms with Crippen molar-refractivity contribution in [1.82, 2.24) is 29.4 Å². The van der Waals surface area contributed by atoms with Gasteiger partial charge in [0.2, 0.25) is 5.91 Å². The smallest absolute Gasteiger partial charge is 0.274 e. The minimum absolute atomic E-state index is 0.108. The van der Waals surface area contributed by atoms with Crippen LogP contribution in [0.3, 0.4) is 0 Å². The summed E-state index contributed by atoms with van der Waals surface area (Å²) in [5.74, 6) is 1.76. The molecule has 0 radical (unpaired) electrons. The number of fused-ring (bicyclic) bond motifs is 2. The number of carbonyl (C=O) groups excluding carboxylic acids is 1. The maximum atomic E-state index is 12.8. The number of nitrogens with one attached hydrogen (secondary N) is 1. The Hall–Kier alpha value is -1.91. The van der Waals surface area contributed by atoms with Gasteiger partial charge in [0.25, 0.3) is 11.3 Å². The Labute approximate surface area is 173 Å². The fourth-order valence-corrected chi connectivity index (χ4v) is 5.39. The van der Waals surface area contributed by atoms with Gasteiger partial charge in [0.05, 0.1) is 11.9 Å². The maximum Gasteiger partial charge on any atom is 0.274 e. The van der Waals surface area contributed by atoms with E-state index in [9.17, 15) is 9.59 Å². The Bertz CT molecular complexity index is 957. The number of hydrogen-bond acceptors (Lipinski definition) is 7. The molecule has 4 rings (SSSR count). The van der Waals surface area contributed by atoms with Crippen molar-refractivity contribution in [2.24, 2.45) is 11.8 Å². The van der Waals surface area contributed by atoms with E-state index >= 15 is 0 Å². The van der Waals surface area contributed by atoms with Crippen LogP contribution in [0.25, 0.3) is 5.78 Å². The predicted octanol–water partition coefficient (Wildman–Crippen LogP) is 0.632. The van der Waals surface area contributed by atoms with Crippen LogP contribution < -0.4 is 5.56 Å². The number of amides is 1. The van der Waals surface area contributed by atoms with E-state index in [1.165, 1.54) is 22.3 Å². The van der Waals surface area contributed by atoms with Crippen LogP contribution in [0.5, 0.6) is 0 Å². The Kier molecular flexibility index (Phi) is 5.67. The molecule has 4 atom stereocenters. The largest absolute Gasteiger partial charge is 0.380 e. The number of rotatable bonds is 5. The molecule has 0 unspecified atom stereocenters. The standard InChI is InChI=1S/C19H28N6O3S/c1-11-5-16(26)25-18(20-11)21-19(22-25)29-10-17(27)24-8-12-6-14(23(2)3)15(28-4)7-13(12)9-24/h5,12-15H,6-10H2,1-4H3,(H,20,21,22)/t12-,13+,14-,15-/m1/s1. The molecule has 1 N–H and O–H groups in total. The summed E-state index contributed by atoms with van der Waals surface area (Å²) in [6, 6.07) is 1.85. The molecule has 9 nitrogen and oxygen atoms in total. The average Bonchev–Trinajstić information content (AvgIpc) is 3.28. The van der Waals surface area contributed by atoms with Gasteiger partial charge in [0.1, 0.15) is 0 Å². The number of aryl methyl sites for hydroxylation is 1. The lowest BCUT2D eigenvalue weighted by Crippen LogP contribution is -2.47. The molecule has 2 fully saturated rings. The van der Waals surface area contributed by atoms with E-state index in [0.29, 0.717) is 34.5 Å². The van der Waals surface area contributed by atoms with E-state index in [1.54, 1.807) is 14.0 Å². The van der Waals surface area contributed by atoms with Crippen molar-refractivity contribution in [3.05, 3.63) is 22.1 Å². The number of methoxy groups -OCH3 is 1. The summed E-state index contributed by atoms with van der Waals surface area (Å²) >= 11 is 1.31. The molecular formula is C19H28N6O3S. The highest BCUT2D eigenvalue weighted by atomic mass is 32.2. The summed E-state index contributed by atoms with van der Waals surface area (Å²) in [5.41, 5.74) is 0.420. The van der Waals surface area contributed by atoms with Crippen molar-refractivity contribution in [2.75, 3.05) is 40.0 Å². The van der Waals surface area contributed by atoms with Crippen LogP contribution in [0.2, 0.25) is 0 Å². The lowest BCUT2D eigenvalue weighted by Gasteiger charge is -2.40. The minimum Gasteiger partial charge on any atom is -0.380 e. The van der Waals surface area contributed by atoms with E-state index in [1.807, 2.05) is 4.90 Å². The molecule has 2 aromatic rings. The maximum absolute atomic E-state index is 12.8. The topological polar surface area (TPSA) is 95.8 Å². The molecule has 0 aromatic carbocycles. The predicted molar refractivity (Wildman–Crippen MR) is 110 cm³/mol. The van der Waals surface area contributed by atoms with Crippen molar-refractivity contribution in [3.8, 4) is 0 Å². The van der Waals surface area contributed by atoms with Gasteiger partial charge in [-0.05, 0) is 45.7 Å². The third-order valence-electron chi connectivity index (χ3n) is 6.17.